The second-order valence-electron chi connectivity index (χ2n) is 4.15. The van der Waals surface area contributed by atoms with E-state index in [9.17, 15) is 0 Å². The smallest absolute Gasteiger partial charge is 0.129 e. The lowest BCUT2D eigenvalue weighted by atomic mass is 10.2. The van der Waals surface area contributed by atoms with Crippen molar-refractivity contribution in [3.63, 3.8) is 0 Å². The van der Waals surface area contributed by atoms with Crippen molar-refractivity contribution in [3.05, 3.63) is 28.0 Å². The van der Waals surface area contributed by atoms with Gasteiger partial charge in [0.2, 0.25) is 0 Å². The van der Waals surface area contributed by atoms with E-state index in [0.29, 0.717) is 16.2 Å². The van der Waals surface area contributed by atoms with Gasteiger partial charge in [0, 0.05) is 32.2 Å². The summed E-state index contributed by atoms with van der Waals surface area (Å²) in [5, 5.41) is 4.60. The van der Waals surface area contributed by atoms with Gasteiger partial charge in [-0.05, 0) is 19.1 Å². The molecular weight excluding hydrogens is 245 g/mol. The first-order valence-electron chi connectivity index (χ1n) is 5.42. The molecule has 88 valence electrons. The summed E-state index contributed by atoms with van der Waals surface area (Å²) >= 11 is 12.0. The molecule has 5 heteroatoms. The minimum atomic E-state index is 0.502. The molecule has 0 spiro atoms. The van der Waals surface area contributed by atoms with E-state index >= 15 is 0 Å². The first kappa shape index (κ1) is 12.1. The van der Waals surface area contributed by atoms with Crippen LogP contribution >= 0.6 is 23.2 Å². The number of hydrogen-bond donors (Lipinski definition) is 1. The van der Waals surface area contributed by atoms with Crippen molar-refractivity contribution in [1.29, 1.82) is 0 Å². The number of nitrogens with zero attached hydrogens (tertiary/aromatic N) is 2. The molecule has 1 fully saturated rings. The van der Waals surface area contributed by atoms with Crippen LogP contribution in [-0.4, -0.2) is 35.6 Å². The molecule has 1 aromatic rings. The van der Waals surface area contributed by atoms with E-state index in [1.165, 1.54) is 0 Å². The van der Waals surface area contributed by atoms with Crippen LogP contribution in [0.2, 0.25) is 10.2 Å². The monoisotopic (exact) mass is 259 g/mol. The predicted molar refractivity (Wildman–Crippen MR) is 67.0 cm³/mol. The number of rotatable bonds is 2. The molecule has 0 amide bonds. The normalized spacial score (nSPS) is 22.3. The molecule has 1 aliphatic rings. The van der Waals surface area contributed by atoms with Crippen LogP contribution in [0.5, 0.6) is 0 Å². The van der Waals surface area contributed by atoms with E-state index in [1.54, 1.807) is 12.1 Å². The van der Waals surface area contributed by atoms with Crippen LogP contribution in [0.4, 0.5) is 0 Å². The number of aromatic nitrogens is 1. The summed E-state index contributed by atoms with van der Waals surface area (Å²) < 4.78 is 0. The summed E-state index contributed by atoms with van der Waals surface area (Å²) in [6, 6.07) is 4.04. The summed E-state index contributed by atoms with van der Waals surface area (Å²) in [7, 11) is 0. The lowest BCUT2D eigenvalue weighted by molar-refractivity contribution is 0.198. The highest BCUT2D eigenvalue weighted by atomic mass is 35.5. The highest BCUT2D eigenvalue weighted by Crippen LogP contribution is 2.18. The molecule has 1 saturated heterocycles. The number of nitrogens with one attached hydrogen (secondary N) is 1. The van der Waals surface area contributed by atoms with Gasteiger partial charge in [-0.25, -0.2) is 4.98 Å². The molecule has 0 aliphatic carbocycles. The highest BCUT2D eigenvalue weighted by molar-refractivity contribution is 6.32. The van der Waals surface area contributed by atoms with Gasteiger partial charge >= 0.3 is 0 Å². The van der Waals surface area contributed by atoms with Gasteiger partial charge in [-0.15, -0.1) is 0 Å². The Morgan fingerprint density at radius 3 is 3.06 bits per heavy atom. The molecule has 0 saturated carbocycles. The van der Waals surface area contributed by atoms with Crippen molar-refractivity contribution in [2.45, 2.75) is 19.5 Å². The number of halogens is 2. The van der Waals surface area contributed by atoms with Crippen molar-refractivity contribution >= 4 is 23.2 Å². The van der Waals surface area contributed by atoms with Gasteiger partial charge in [-0.1, -0.05) is 23.2 Å². The molecule has 1 aromatic heterocycles. The largest absolute Gasteiger partial charge is 0.312 e. The second kappa shape index (κ2) is 5.32. The topological polar surface area (TPSA) is 28.2 Å². The molecule has 0 radical (unpaired) electrons. The maximum absolute atomic E-state index is 6.09. The van der Waals surface area contributed by atoms with Gasteiger partial charge < -0.3 is 5.32 Å². The number of pyridine rings is 1. The fraction of sp³-hybridized carbons (Fsp3) is 0.545. The van der Waals surface area contributed by atoms with E-state index in [2.05, 4.69) is 22.1 Å². The van der Waals surface area contributed by atoms with Crippen LogP contribution in [0.25, 0.3) is 0 Å². The minimum absolute atomic E-state index is 0.502. The fourth-order valence-electron chi connectivity index (χ4n) is 1.94. The predicted octanol–water partition coefficient (Wildman–Crippen LogP) is 2.18. The van der Waals surface area contributed by atoms with Crippen LogP contribution in [-0.2, 0) is 6.54 Å². The van der Waals surface area contributed by atoms with Gasteiger partial charge in [-0.2, -0.15) is 0 Å². The van der Waals surface area contributed by atoms with Crippen molar-refractivity contribution in [2.75, 3.05) is 19.6 Å². The molecule has 16 heavy (non-hydrogen) atoms. The summed E-state index contributed by atoms with van der Waals surface area (Å²) in [6.07, 6.45) is 0. The average Bonchev–Trinajstić information content (AvgIpc) is 2.24. The molecule has 0 unspecified atom stereocenters. The Morgan fingerprint density at radius 1 is 1.50 bits per heavy atom. The van der Waals surface area contributed by atoms with Crippen LogP contribution < -0.4 is 5.32 Å². The SMILES string of the molecule is C[C@H]1CN(Cc2nc(Cl)ccc2Cl)CCN1. The maximum Gasteiger partial charge on any atom is 0.129 e. The van der Waals surface area contributed by atoms with Gasteiger partial charge in [0.05, 0.1) is 10.7 Å². The van der Waals surface area contributed by atoms with E-state index in [-0.39, 0.29) is 0 Å². The molecule has 1 atom stereocenters. The second-order valence-corrected chi connectivity index (χ2v) is 4.95. The van der Waals surface area contributed by atoms with Gasteiger partial charge in [0.1, 0.15) is 5.15 Å². The van der Waals surface area contributed by atoms with Gasteiger partial charge in [0.25, 0.3) is 0 Å². The Labute approximate surface area is 106 Å². The fourth-order valence-corrected chi connectivity index (χ4v) is 2.27. The molecule has 1 N–H and O–H groups in total. The Kier molecular flexibility index (Phi) is 4.03. The van der Waals surface area contributed by atoms with E-state index in [0.717, 1.165) is 31.9 Å². The third-order valence-electron chi connectivity index (χ3n) is 2.71. The molecule has 2 rings (SSSR count). The minimum Gasteiger partial charge on any atom is -0.312 e. The Hall–Kier alpha value is -0.350. The highest BCUT2D eigenvalue weighted by Gasteiger charge is 2.17. The molecule has 1 aliphatic heterocycles. The lowest BCUT2D eigenvalue weighted by Crippen LogP contribution is -2.48. The molecule has 3 nitrogen and oxygen atoms in total. The van der Waals surface area contributed by atoms with Crippen LogP contribution in [0.3, 0.4) is 0 Å². The first-order valence-corrected chi connectivity index (χ1v) is 6.17. The molecule has 2 heterocycles. The first-order chi connectivity index (χ1) is 7.65. The zero-order valence-electron chi connectivity index (χ0n) is 9.21. The molecule has 0 aromatic carbocycles. The van der Waals surface area contributed by atoms with Crippen LogP contribution in [0.1, 0.15) is 12.6 Å². The zero-order valence-corrected chi connectivity index (χ0v) is 10.7. The third-order valence-corrected chi connectivity index (χ3v) is 3.27. The Balaban J connectivity index is 2.05. The lowest BCUT2D eigenvalue weighted by Gasteiger charge is -2.31. The Bertz CT molecular complexity index is 370. The summed E-state index contributed by atoms with van der Waals surface area (Å²) in [4.78, 5) is 6.60. The van der Waals surface area contributed by atoms with Gasteiger partial charge in [-0.3, -0.25) is 4.90 Å². The standard InChI is InChI=1S/C11H15Cl2N3/c1-8-6-16(5-4-14-8)7-10-9(12)2-3-11(13)15-10/h2-3,8,14H,4-7H2,1H3/t8-/m0/s1. The summed E-state index contributed by atoms with van der Waals surface area (Å²) in [6.45, 7) is 6.00. The zero-order chi connectivity index (χ0) is 11.5. The summed E-state index contributed by atoms with van der Waals surface area (Å²) in [5.74, 6) is 0. The maximum atomic E-state index is 6.09. The Morgan fingerprint density at radius 2 is 2.31 bits per heavy atom. The molecular formula is C11H15Cl2N3. The van der Waals surface area contributed by atoms with Gasteiger partial charge in [0.15, 0.2) is 0 Å². The number of hydrogen-bond acceptors (Lipinski definition) is 3. The van der Waals surface area contributed by atoms with Crippen molar-refractivity contribution in [3.8, 4) is 0 Å². The van der Waals surface area contributed by atoms with Crippen molar-refractivity contribution < 1.29 is 0 Å². The number of piperazine rings is 1. The van der Waals surface area contributed by atoms with E-state index < -0.39 is 0 Å². The van der Waals surface area contributed by atoms with E-state index in [1.807, 2.05) is 0 Å². The van der Waals surface area contributed by atoms with E-state index in [4.69, 9.17) is 23.2 Å². The van der Waals surface area contributed by atoms with Crippen molar-refractivity contribution in [2.24, 2.45) is 0 Å². The average molecular weight is 260 g/mol. The molecule has 0 bridgehead atoms. The van der Waals surface area contributed by atoms with Crippen LogP contribution in [0, 0.1) is 0 Å². The van der Waals surface area contributed by atoms with Crippen LogP contribution in [0.15, 0.2) is 12.1 Å². The quantitative estimate of drug-likeness (QED) is 0.826. The summed E-state index contributed by atoms with van der Waals surface area (Å²) in [5.41, 5.74) is 0.864. The van der Waals surface area contributed by atoms with Crippen molar-refractivity contribution in [1.82, 2.24) is 15.2 Å². The third kappa shape index (κ3) is 3.08.